The predicted molar refractivity (Wildman–Crippen MR) is 265 cm³/mol. The van der Waals surface area contributed by atoms with Crippen molar-refractivity contribution in [2.75, 3.05) is 66.4 Å². The van der Waals surface area contributed by atoms with Crippen molar-refractivity contribution in [3.63, 3.8) is 0 Å². The molecule has 2 fully saturated rings. The summed E-state index contributed by atoms with van der Waals surface area (Å²) in [4.78, 5) is 68.8. The van der Waals surface area contributed by atoms with Crippen molar-refractivity contribution < 1.29 is 28.1 Å². The Balaban J connectivity index is 0.647. The second kappa shape index (κ2) is 19.3. The van der Waals surface area contributed by atoms with Crippen LogP contribution in [0, 0.1) is 0 Å². The molecule has 2 saturated heterocycles. The van der Waals surface area contributed by atoms with Crippen molar-refractivity contribution >= 4 is 57.0 Å². The number of H-pyrrole nitrogens is 2. The average molecular weight is 962 g/mol. The Hall–Kier alpha value is -9.21. The molecule has 72 heavy (non-hydrogen) atoms. The molecule has 2 aliphatic heterocycles. The van der Waals surface area contributed by atoms with Gasteiger partial charge in [-0.2, -0.15) is 0 Å². The maximum Gasteiger partial charge on any atom is 0.232 e. The quantitative estimate of drug-likeness (QED) is 0.0923. The summed E-state index contributed by atoms with van der Waals surface area (Å²) in [6.45, 7) is 4.38. The Morgan fingerprint density at radius 1 is 0.639 bits per heavy atom. The molecule has 2 amide bonds. The highest BCUT2D eigenvalue weighted by molar-refractivity contribution is 5.95. The van der Waals surface area contributed by atoms with Crippen LogP contribution in [0.25, 0.3) is 67.4 Å². The molecule has 2 aromatic carbocycles. The summed E-state index contributed by atoms with van der Waals surface area (Å²) in [6, 6.07) is 28.0. The molecule has 21 heteroatoms. The molecular weight excluding hydrogens is 919 g/mol. The Morgan fingerprint density at radius 3 is 1.97 bits per heavy atom. The smallest absolute Gasteiger partial charge is 0.232 e. The lowest BCUT2D eigenvalue weighted by atomic mass is 10.1. The van der Waals surface area contributed by atoms with Crippen LogP contribution in [0.2, 0.25) is 0 Å². The van der Waals surface area contributed by atoms with Crippen molar-refractivity contribution in [3.8, 4) is 45.2 Å². The van der Waals surface area contributed by atoms with E-state index >= 15 is 0 Å². The Bertz CT molecular complexity index is 3530. The number of rotatable bonds is 13. The van der Waals surface area contributed by atoms with Crippen molar-refractivity contribution in [2.45, 2.75) is 18.9 Å². The summed E-state index contributed by atoms with van der Waals surface area (Å²) in [6.07, 6.45) is 7.91. The van der Waals surface area contributed by atoms with Gasteiger partial charge in [0.05, 0.1) is 50.3 Å². The number of carbonyl (C=O) groups is 2. The SMILES string of the molecule is O=C(Cc1cc(-c2cccnc2)no1)Nc1ccc(-c2cc3c(N4CCOC(c5ccc(-c6cc(CC(=O)Nc7ccc(-c8nc9c(N%10CCOCC%10)ncnc9[nH]8)cc7)on6)cn5)C4)ncnc3[nH]2)cc1. The average Bonchev–Trinajstić information content (AvgIpc) is 4.27. The molecular formula is C51H43N15O6. The monoisotopic (exact) mass is 961 g/mol. The van der Waals surface area contributed by atoms with Gasteiger partial charge in [0, 0.05) is 84.1 Å². The number of fused-ring (bicyclic) bond motifs is 2. The van der Waals surface area contributed by atoms with Gasteiger partial charge in [-0.1, -0.05) is 22.4 Å². The third-order valence-corrected chi connectivity index (χ3v) is 12.4. The number of hydrogen-bond donors (Lipinski definition) is 4. The number of amides is 2. The van der Waals surface area contributed by atoms with Crippen LogP contribution in [0.15, 0.2) is 131 Å². The summed E-state index contributed by atoms with van der Waals surface area (Å²) < 4.78 is 22.7. The predicted octanol–water partition coefficient (Wildman–Crippen LogP) is 6.84. The number of aromatic nitrogens is 11. The molecule has 0 spiro atoms. The fourth-order valence-electron chi connectivity index (χ4n) is 8.81. The molecule has 12 rings (SSSR count). The van der Waals surface area contributed by atoms with Gasteiger partial charge in [-0.15, -0.1) is 0 Å². The first kappa shape index (κ1) is 44.0. The summed E-state index contributed by atoms with van der Waals surface area (Å²) in [7, 11) is 0. The van der Waals surface area contributed by atoms with Gasteiger partial charge < -0.3 is 48.9 Å². The van der Waals surface area contributed by atoms with Gasteiger partial charge in [-0.25, -0.2) is 24.9 Å². The zero-order valence-corrected chi connectivity index (χ0v) is 38.4. The van der Waals surface area contributed by atoms with E-state index in [0.29, 0.717) is 89.8 Å². The number of carbonyl (C=O) groups excluding carboxylic acids is 2. The number of hydrogen-bond acceptors (Lipinski definition) is 17. The van der Waals surface area contributed by atoms with E-state index in [9.17, 15) is 9.59 Å². The molecule has 8 aromatic heterocycles. The maximum absolute atomic E-state index is 13.1. The van der Waals surface area contributed by atoms with Gasteiger partial charge in [0.25, 0.3) is 0 Å². The zero-order valence-electron chi connectivity index (χ0n) is 38.4. The van der Waals surface area contributed by atoms with Gasteiger partial charge in [0.2, 0.25) is 11.8 Å². The Kier molecular flexibility index (Phi) is 11.8. The van der Waals surface area contributed by atoms with Crippen molar-refractivity contribution in [2.24, 2.45) is 0 Å². The lowest BCUT2D eigenvalue weighted by molar-refractivity contribution is -0.116. The van der Waals surface area contributed by atoms with E-state index in [1.54, 1.807) is 37.1 Å². The number of anilines is 4. The Labute approximate surface area is 409 Å². The molecule has 1 atom stereocenters. The third kappa shape index (κ3) is 9.31. The first-order valence-corrected chi connectivity index (χ1v) is 23.2. The summed E-state index contributed by atoms with van der Waals surface area (Å²) in [5, 5.41) is 15.0. The van der Waals surface area contributed by atoms with Gasteiger partial charge in [0.1, 0.15) is 59.0 Å². The van der Waals surface area contributed by atoms with E-state index < -0.39 is 0 Å². The first-order valence-electron chi connectivity index (χ1n) is 23.2. The van der Waals surface area contributed by atoms with Gasteiger partial charge in [-0.05, 0) is 72.3 Å². The molecule has 0 radical (unpaired) electrons. The number of ether oxygens (including phenoxy) is 2. The largest absolute Gasteiger partial charge is 0.378 e. The zero-order chi connectivity index (χ0) is 48.4. The molecule has 358 valence electrons. The second-order valence-corrected chi connectivity index (χ2v) is 17.2. The van der Waals surface area contributed by atoms with Crippen molar-refractivity contribution in [1.82, 2.24) is 55.2 Å². The van der Waals surface area contributed by atoms with E-state index in [0.717, 1.165) is 63.8 Å². The van der Waals surface area contributed by atoms with Crippen LogP contribution in [0.5, 0.6) is 0 Å². The van der Waals surface area contributed by atoms with Gasteiger partial charge in [-0.3, -0.25) is 19.6 Å². The van der Waals surface area contributed by atoms with Crippen molar-refractivity contribution in [3.05, 3.63) is 139 Å². The highest BCUT2D eigenvalue weighted by Gasteiger charge is 2.27. The van der Waals surface area contributed by atoms with E-state index in [4.69, 9.17) is 33.5 Å². The number of nitrogens with one attached hydrogen (secondary N) is 4. The van der Waals surface area contributed by atoms with E-state index in [1.807, 2.05) is 78.9 Å². The van der Waals surface area contributed by atoms with Crippen LogP contribution in [0.1, 0.15) is 23.3 Å². The van der Waals surface area contributed by atoms with Crippen LogP contribution in [0.3, 0.4) is 0 Å². The minimum atomic E-state index is -0.321. The number of morpholine rings is 2. The minimum Gasteiger partial charge on any atom is -0.378 e. The van der Waals surface area contributed by atoms with E-state index in [-0.39, 0.29) is 30.8 Å². The second-order valence-electron chi connectivity index (χ2n) is 17.2. The molecule has 10 aromatic rings. The topological polar surface area (TPSA) is 257 Å². The van der Waals surface area contributed by atoms with E-state index in [2.05, 4.69) is 60.7 Å². The summed E-state index contributed by atoms with van der Waals surface area (Å²) in [5.74, 6) is 2.60. The Morgan fingerprint density at radius 2 is 1.29 bits per heavy atom. The maximum atomic E-state index is 13.1. The number of nitrogens with zero attached hydrogens (tertiary/aromatic N) is 11. The first-order chi connectivity index (χ1) is 35.4. The summed E-state index contributed by atoms with van der Waals surface area (Å²) in [5.41, 5.74) is 9.43. The van der Waals surface area contributed by atoms with Crippen LogP contribution in [-0.2, 0) is 31.9 Å². The lowest BCUT2D eigenvalue weighted by Crippen LogP contribution is -2.39. The van der Waals surface area contributed by atoms with Crippen LogP contribution in [-0.4, -0.2) is 113 Å². The molecule has 4 N–H and O–H groups in total. The molecule has 0 saturated carbocycles. The highest BCUT2D eigenvalue weighted by Crippen LogP contribution is 2.33. The molecule has 21 nitrogen and oxygen atoms in total. The molecule has 10 heterocycles. The van der Waals surface area contributed by atoms with Crippen LogP contribution >= 0.6 is 0 Å². The molecule has 1 unspecified atom stereocenters. The lowest BCUT2D eigenvalue weighted by Gasteiger charge is -2.33. The fourth-order valence-corrected chi connectivity index (χ4v) is 8.81. The van der Waals surface area contributed by atoms with Crippen LogP contribution < -0.4 is 20.4 Å². The number of pyridine rings is 2. The molecule has 0 bridgehead atoms. The number of aromatic amines is 2. The standard InChI is InChI=1S/C51H43N15O6/c67-44(22-36-20-41(63-71-36)32-2-1-13-52-25-32)58-34-8-3-30(4-9-34)40-24-38-48(60-40)54-28-56-50(38)66-16-19-70-43(27-66)39-12-7-33(26-53-39)42-21-37(72-64-42)23-45(68)59-35-10-5-31(6-11-35)47-61-46-49(62-47)55-29-57-51(46)65-14-17-69-18-15-65/h1-13,20-21,24-26,28-29,43H,14-19,22-23,27H2,(H,58,67)(H,59,68)(H,54,56,60)(H,55,57,61,62). The van der Waals surface area contributed by atoms with Gasteiger partial charge in [0.15, 0.2) is 17.0 Å². The molecule has 0 aliphatic carbocycles. The number of imidazole rings is 1. The van der Waals surface area contributed by atoms with Gasteiger partial charge >= 0.3 is 0 Å². The highest BCUT2D eigenvalue weighted by atomic mass is 16.5. The van der Waals surface area contributed by atoms with Crippen LogP contribution in [0.4, 0.5) is 23.0 Å². The third-order valence-electron chi connectivity index (χ3n) is 12.4. The van der Waals surface area contributed by atoms with E-state index in [1.165, 1.54) is 6.33 Å². The summed E-state index contributed by atoms with van der Waals surface area (Å²) >= 11 is 0. The minimum absolute atomic E-state index is 0.00867. The molecule has 2 aliphatic rings. The normalized spacial score (nSPS) is 15.0. The number of benzene rings is 2. The fraction of sp³-hybridized carbons (Fsp3) is 0.196. The van der Waals surface area contributed by atoms with Crippen molar-refractivity contribution in [1.29, 1.82) is 0 Å².